The van der Waals surface area contributed by atoms with Crippen molar-refractivity contribution in [2.24, 2.45) is 0 Å². The third-order valence-corrected chi connectivity index (χ3v) is 10.3. The summed E-state index contributed by atoms with van der Waals surface area (Å²) in [6.45, 7) is 3.03. The van der Waals surface area contributed by atoms with E-state index in [1.54, 1.807) is 0 Å². The zero-order chi connectivity index (χ0) is 25.3. The van der Waals surface area contributed by atoms with Crippen LogP contribution in [0.2, 0.25) is 0 Å². The van der Waals surface area contributed by atoms with Gasteiger partial charge in [0.1, 0.15) is 0 Å². The van der Waals surface area contributed by atoms with Gasteiger partial charge in [-0.2, -0.15) is 9.97 Å². The zero-order valence-electron chi connectivity index (χ0n) is 20.9. The molecule has 5 aromatic rings. The highest BCUT2D eigenvalue weighted by atomic mass is 31.1. The predicted octanol–water partition coefficient (Wildman–Crippen LogP) is 4.60. The molecule has 0 radical (unpaired) electrons. The highest BCUT2D eigenvalue weighted by Crippen LogP contribution is 2.34. The van der Waals surface area contributed by atoms with E-state index in [4.69, 9.17) is 15.0 Å². The highest BCUT2D eigenvalue weighted by Gasteiger charge is 2.26. The van der Waals surface area contributed by atoms with E-state index in [1.807, 2.05) is 0 Å². The summed E-state index contributed by atoms with van der Waals surface area (Å²) in [5.41, 5.74) is 1.66. The molecule has 1 aromatic heterocycles. The average Bonchev–Trinajstić information content (AvgIpc) is 2.96. The van der Waals surface area contributed by atoms with E-state index >= 15 is 0 Å². The number of hydrogen-bond acceptors (Lipinski definition) is 4. The Balaban J connectivity index is 1.70. The summed E-state index contributed by atoms with van der Waals surface area (Å²) >= 11 is 0. The highest BCUT2D eigenvalue weighted by molar-refractivity contribution is 7.80. The van der Waals surface area contributed by atoms with Gasteiger partial charge in [-0.3, -0.25) is 0 Å². The van der Waals surface area contributed by atoms with Gasteiger partial charge in [-0.15, -0.1) is 0 Å². The summed E-state index contributed by atoms with van der Waals surface area (Å²) < 4.78 is 0. The first-order valence-corrected chi connectivity index (χ1v) is 15.3. The topological polar surface area (TPSA) is 50.7 Å². The van der Waals surface area contributed by atoms with Gasteiger partial charge in [0, 0.05) is 22.4 Å². The predicted molar refractivity (Wildman–Crippen MR) is 161 cm³/mol. The fourth-order valence-corrected chi connectivity index (χ4v) is 8.34. The second-order valence-corrected chi connectivity index (χ2v) is 12.8. The average molecular weight is 521 g/mol. The molecule has 0 fully saturated rings. The van der Waals surface area contributed by atoms with Crippen LogP contribution in [0, 0.1) is 0 Å². The lowest BCUT2D eigenvalue weighted by atomic mass is 10.3. The van der Waals surface area contributed by atoms with E-state index in [9.17, 15) is 0 Å². The molecule has 0 amide bonds. The monoisotopic (exact) mass is 520 g/mol. The van der Waals surface area contributed by atoms with Crippen molar-refractivity contribution in [3.8, 4) is 0 Å². The van der Waals surface area contributed by atoms with Crippen LogP contribution in [0.25, 0.3) is 0 Å². The lowest BCUT2D eigenvalue weighted by Gasteiger charge is -2.22. The quantitative estimate of drug-likeness (QED) is 0.216. The van der Waals surface area contributed by atoms with E-state index < -0.39 is 15.8 Å². The maximum Gasteiger partial charge on any atom is 0.226 e. The van der Waals surface area contributed by atoms with Crippen molar-refractivity contribution >= 4 is 54.1 Å². The van der Waals surface area contributed by atoms with Crippen LogP contribution in [-0.2, 0) is 0 Å². The largest absolute Gasteiger partial charge is 0.354 e. The number of benzene rings is 4. The number of nitrogens with one attached hydrogen (secondary N) is 1. The Morgan fingerprint density at radius 1 is 0.514 bits per heavy atom. The summed E-state index contributed by atoms with van der Waals surface area (Å²) in [5, 5.41) is 8.40. The maximum atomic E-state index is 5.26. The lowest BCUT2D eigenvalue weighted by Crippen LogP contribution is -2.35. The zero-order valence-corrected chi connectivity index (χ0v) is 22.7. The van der Waals surface area contributed by atoms with Crippen LogP contribution in [0.3, 0.4) is 0 Å². The van der Waals surface area contributed by atoms with Crippen molar-refractivity contribution in [2.45, 2.75) is 19.8 Å². The molecule has 37 heavy (non-hydrogen) atoms. The Labute approximate surface area is 221 Å². The van der Waals surface area contributed by atoms with Gasteiger partial charge in [0.2, 0.25) is 5.95 Å². The molecular weight excluding hydrogens is 490 g/mol. The fourth-order valence-electron chi connectivity index (χ4n) is 4.08. The molecule has 0 atom stereocenters. The van der Waals surface area contributed by atoms with E-state index in [-0.39, 0.29) is 0 Å². The standard InChI is InChI=1S/C31H30N4P2/c1-2-3-24-32-29-33-30(36(25-16-8-4-9-17-25)26-18-10-5-11-19-26)35-31(34-29)37(27-20-12-6-13-21-27)28-22-14-7-15-23-28/h4-23H,2-3,24H2,1H3,(H,32,33,34,35). The van der Waals surface area contributed by atoms with Crippen LogP contribution < -0.4 is 37.7 Å². The molecule has 0 aliphatic carbocycles. The number of aromatic nitrogens is 3. The minimum absolute atomic E-state index is 0.659. The van der Waals surface area contributed by atoms with Gasteiger partial charge < -0.3 is 5.32 Å². The van der Waals surface area contributed by atoms with Gasteiger partial charge >= 0.3 is 0 Å². The normalized spacial score (nSPS) is 11.1. The molecular formula is C31H30N4P2. The molecule has 0 aliphatic heterocycles. The Hall–Kier alpha value is -3.45. The summed E-state index contributed by atoms with van der Waals surface area (Å²) in [4.78, 5) is 15.3. The number of anilines is 1. The molecule has 0 unspecified atom stereocenters. The minimum atomic E-state index is -0.951. The first-order valence-electron chi connectivity index (χ1n) is 12.6. The van der Waals surface area contributed by atoms with Crippen molar-refractivity contribution in [3.63, 3.8) is 0 Å². The maximum absolute atomic E-state index is 5.26. The van der Waals surface area contributed by atoms with Crippen LogP contribution in [0.5, 0.6) is 0 Å². The number of rotatable bonds is 10. The van der Waals surface area contributed by atoms with Crippen LogP contribution in [0.1, 0.15) is 19.8 Å². The van der Waals surface area contributed by atoms with E-state index in [1.165, 1.54) is 21.2 Å². The SMILES string of the molecule is CCCCNc1nc(P(c2ccccc2)c2ccccc2)nc(P(c2ccccc2)c2ccccc2)n1. The summed E-state index contributed by atoms with van der Waals surface area (Å²) in [7, 11) is -1.90. The van der Waals surface area contributed by atoms with Crippen LogP contribution in [0.15, 0.2) is 121 Å². The Morgan fingerprint density at radius 2 is 0.865 bits per heavy atom. The van der Waals surface area contributed by atoms with E-state index in [0.29, 0.717) is 5.95 Å². The fraction of sp³-hybridized carbons (Fsp3) is 0.129. The molecule has 0 saturated heterocycles. The van der Waals surface area contributed by atoms with Crippen molar-refractivity contribution < 1.29 is 0 Å². The smallest absolute Gasteiger partial charge is 0.226 e. The number of nitrogens with zero attached hydrogens (tertiary/aromatic N) is 3. The van der Waals surface area contributed by atoms with Crippen LogP contribution in [0.4, 0.5) is 5.95 Å². The molecule has 0 spiro atoms. The lowest BCUT2D eigenvalue weighted by molar-refractivity contribution is 0.826. The van der Waals surface area contributed by atoms with Crippen molar-refractivity contribution in [2.75, 3.05) is 11.9 Å². The molecule has 4 nitrogen and oxygen atoms in total. The molecule has 5 rings (SSSR count). The van der Waals surface area contributed by atoms with Gasteiger partial charge in [0.05, 0.1) is 0 Å². The Morgan fingerprint density at radius 3 is 1.19 bits per heavy atom. The van der Waals surface area contributed by atoms with E-state index in [0.717, 1.165) is 30.5 Å². The van der Waals surface area contributed by atoms with Crippen molar-refractivity contribution in [1.82, 2.24) is 15.0 Å². The Bertz CT molecular complexity index is 1200. The number of hydrogen-bond donors (Lipinski definition) is 1. The van der Waals surface area contributed by atoms with Gasteiger partial charge in [0.25, 0.3) is 0 Å². The van der Waals surface area contributed by atoms with Crippen molar-refractivity contribution in [3.05, 3.63) is 121 Å². The molecule has 4 aromatic carbocycles. The molecule has 0 saturated carbocycles. The first kappa shape index (κ1) is 25.2. The van der Waals surface area contributed by atoms with Crippen LogP contribution in [-0.4, -0.2) is 21.5 Å². The molecule has 6 heteroatoms. The molecule has 1 N–H and O–H groups in total. The van der Waals surface area contributed by atoms with Gasteiger partial charge in [0.15, 0.2) is 11.1 Å². The van der Waals surface area contributed by atoms with Gasteiger partial charge in [-0.05, 0) is 27.6 Å². The van der Waals surface area contributed by atoms with Crippen LogP contribution >= 0.6 is 15.8 Å². The van der Waals surface area contributed by atoms with Gasteiger partial charge in [-0.25, -0.2) is 4.98 Å². The summed E-state index contributed by atoms with van der Waals surface area (Å²) in [6.07, 6.45) is 2.17. The number of unbranched alkanes of at least 4 members (excludes halogenated alkanes) is 1. The third-order valence-electron chi connectivity index (χ3n) is 5.88. The third kappa shape index (κ3) is 6.28. The van der Waals surface area contributed by atoms with E-state index in [2.05, 4.69) is 134 Å². The summed E-state index contributed by atoms with van der Waals surface area (Å²) in [5.74, 6) is 0.659. The summed E-state index contributed by atoms with van der Waals surface area (Å²) in [6, 6.07) is 42.5. The second-order valence-electron chi connectivity index (χ2n) is 8.55. The van der Waals surface area contributed by atoms with Gasteiger partial charge in [-0.1, -0.05) is 135 Å². The molecule has 0 aliphatic rings. The first-order chi connectivity index (χ1) is 18.3. The molecule has 184 valence electrons. The minimum Gasteiger partial charge on any atom is -0.354 e. The van der Waals surface area contributed by atoms with Crippen molar-refractivity contribution in [1.29, 1.82) is 0 Å². The molecule has 1 heterocycles. The Kier molecular flexibility index (Phi) is 8.64. The second kappa shape index (κ2) is 12.7. The molecule has 0 bridgehead atoms.